The van der Waals surface area contributed by atoms with Gasteiger partial charge in [-0.1, -0.05) is 0 Å². The van der Waals surface area contributed by atoms with Gasteiger partial charge in [-0.2, -0.15) is 0 Å². The Bertz CT molecular complexity index is 876. The summed E-state index contributed by atoms with van der Waals surface area (Å²) in [7, 11) is 1.28. The molecule has 0 aliphatic rings. The number of nitrogens with one attached hydrogen (secondary N) is 1. The first-order valence-electron chi connectivity index (χ1n) is 7.39. The molecule has 0 spiro atoms. The normalized spacial score (nSPS) is 10.4. The van der Waals surface area contributed by atoms with E-state index in [1.54, 1.807) is 0 Å². The maximum atomic E-state index is 12.4. The Labute approximate surface area is 141 Å². The lowest BCUT2D eigenvalue weighted by Crippen LogP contribution is -2.33. The standard InChI is InChI=1S/C15H16N4O6/c1-25-14(21)3-2-6-16-13(20)8-18-9-17-12-5-4-10(19(23)24)7-11(12)15(18)22/h4-5,7,9H,2-3,6,8H2,1H3,(H,16,20). The van der Waals surface area contributed by atoms with E-state index in [9.17, 15) is 24.5 Å². The van der Waals surface area contributed by atoms with Gasteiger partial charge in [0.2, 0.25) is 5.91 Å². The van der Waals surface area contributed by atoms with E-state index >= 15 is 0 Å². The number of hydrogen-bond donors (Lipinski definition) is 1. The van der Waals surface area contributed by atoms with Crippen LogP contribution in [-0.2, 0) is 20.9 Å². The van der Waals surface area contributed by atoms with Crippen LogP contribution in [0.15, 0.2) is 29.3 Å². The molecule has 1 heterocycles. The van der Waals surface area contributed by atoms with Crippen LogP contribution >= 0.6 is 0 Å². The van der Waals surface area contributed by atoms with E-state index in [0.29, 0.717) is 11.9 Å². The van der Waals surface area contributed by atoms with Crippen LogP contribution < -0.4 is 10.9 Å². The molecule has 1 aromatic heterocycles. The van der Waals surface area contributed by atoms with E-state index in [-0.39, 0.29) is 36.6 Å². The lowest BCUT2D eigenvalue weighted by molar-refractivity contribution is -0.384. The predicted octanol–water partition coefficient (Wildman–Crippen LogP) is 0.374. The number of esters is 1. The zero-order chi connectivity index (χ0) is 18.4. The highest BCUT2D eigenvalue weighted by molar-refractivity contribution is 5.81. The summed E-state index contributed by atoms with van der Waals surface area (Å²) < 4.78 is 5.55. The van der Waals surface area contributed by atoms with E-state index in [4.69, 9.17) is 0 Å². The van der Waals surface area contributed by atoms with Crippen molar-refractivity contribution in [3.63, 3.8) is 0 Å². The van der Waals surface area contributed by atoms with Gasteiger partial charge in [0.15, 0.2) is 0 Å². The second-order valence-corrected chi connectivity index (χ2v) is 5.17. The van der Waals surface area contributed by atoms with Crippen LogP contribution in [0.2, 0.25) is 0 Å². The zero-order valence-electron chi connectivity index (χ0n) is 13.4. The summed E-state index contributed by atoms with van der Waals surface area (Å²) in [4.78, 5) is 49.4. The summed E-state index contributed by atoms with van der Waals surface area (Å²) in [5, 5.41) is 13.5. The smallest absolute Gasteiger partial charge is 0.305 e. The number of non-ortho nitro benzene ring substituents is 1. The number of methoxy groups -OCH3 is 1. The highest BCUT2D eigenvalue weighted by Crippen LogP contribution is 2.16. The molecule has 25 heavy (non-hydrogen) atoms. The minimum Gasteiger partial charge on any atom is -0.469 e. The van der Waals surface area contributed by atoms with Crippen molar-refractivity contribution in [2.75, 3.05) is 13.7 Å². The predicted molar refractivity (Wildman–Crippen MR) is 86.9 cm³/mol. The van der Waals surface area contributed by atoms with Gasteiger partial charge in [0.1, 0.15) is 6.54 Å². The summed E-state index contributed by atoms with van der Waals surface area (Å²) >= 11 is 0. The van der Waals surface area contributed by atoms with E-state index in [2.05, 4.69) is 15.0 Å². The zero-order valence-corrected chi connectivity index (χ0v) is 13.4. The number of aromatic nitrogens is 2. The maximum absolute atomic E-state index is 12.4. The van der Waals surface area contributed by atoms with E-state index in [1.165, 1.54) is 25.6 Å². The fraction of sp³-hybridized carbons (Fsp3) is 0.333. The Morgan fingerprint density at radius 3 is 2.84 bits per heavy atom. The minimum atomic E-state index is -0.607. The van der Waals surface area contributed by atoms with Crippen LogP contribution in [0.25, 0.3) is 10.9 Å². The summed E-state index contributed by atoms with van der Waals surface area (Å²) in [6.45, 7) is -0.0160. The molecule has 0 saturated carbocycles. The van der Waals surface area contributed by atoms with Crippen molar-refractivity contribution in [2.45, 2.75) is 19.4 Å². The number of nitrogens with zero attached hydrogens (tertiary/aromatic N) is 3. The Morgan fingerprint density at radius 1 is 1.40 bits per heavy atom. The highest BCUT2D eigenvalue weighted by atomic mass is 16.6. The molecule has 2 aromatic rings. The molecule has 10 heteroatoms. The average Bonchev–Trinajstić information content (AvgIpc) is 2.60. The number of amides is 1. The van der Waals surface area contributed by atoms with Crippen molar-refractivity contribution in [2.24, 2.45) is 0 Å². The van der Waals surface area contributed by atoms with Crippen molar-refractivity contribution in [1.82, 2.24) is 14.9 Å². The summed E-state index contributed by atoms with van der Waals surface area (Å²) in [6.07, 6.45) is 1.80. The van der Waals surface area contributed by atoms with E-state index < -0.39 is 16.4 Å². The summed E-state index contributed by atoms with van der Waals surface area (Å²) in [6, 6.07) is 3.77. The number of nitro benzene ring substituents is 1. The van der Waals surface area contributed by atoms with Crippen LogP contribution in [0.1, 0.15) is 12.8 Å². The Balaban J connectivity index is 2.06. The molecule has 1 aromatic carbocycles. The van der Waals surface area contributed by atoms with Gasteiger partial charge in [-0.25, -0.2) is 4.98 Å². The second-order valence-electron chi connectivity index (χ2n) is 5.17. The molecule has 0 saturated heterocycles. The van der Waals surface area contributed by atoms with Gasteiger partial charge in [0, 0.05) is 25.1 Å². The van der Waals surface area contributed by atoms with Crippen molar-refractivity contribution in [3.05, 3.63) is 45.0 Å². The van der Waals surface area contributed by atoms with Crippen molar-refractivity contribution in [3.8, 4) is 0 Å². The first-order valence-corrected chi connectivity index (χ1v) is 7.39. The monoisotopic (exact) mass is 348 g/mol. The molecular weight excluding hydrogens is 332 g/mol. The lowest BCUT2D eigenvalue weighted by Gasteiger charge is -2.07. The molecule has 132 valence electrons. The average molecular weight is 348 g/mol. The van der Waals surface area contributed by atoms with Crippen molar-refractivity contribution < 1.29 is 19.2 Å². The third-order valence-electron chi connectivity index (χ3n) is 3.44. The van der Waals surface area contributed by atoms with Crippen LogP contribution in [0.5, 0.6) is 0 Å². The molecule has 1 amide bonds. The Hall–Kier alpha value is -3.30. The minimum absolute atomic E-state index is 0.0650. The van der Waals surface area contributed by atoms with Crippen LogP contribution in [0, 0.1) is 10.1 Å². The quantitative estimate of drug-likeness (QED) is 0.331. The van der Waals surface area contributed by atoms with E-state index in [1.807, 2.05) is 0 Å². The number of carbonyl (C=O) groups is 2. The number of ether oxygens (including phenoxy) is 1. The molecule has 10 nitrogen and oxygen atoms in total. The van der Waals surface area contributed by atoms with Gasteiger partial charge in [-0.15, -0.1) is 0 Å². The SMILES string of the molecule is COC(=O)CCCNC(=O)Cn1cnc2ccc([N+](=O)[O-])cc2c1=O. The van der Waals surface area contributed by atoms with Crippen LogP contribution in [0.3, 0.4) is 0 Å². The van der Waals surface area contributed by atoms with Crippen LogP contribution in [0.4, 0.5) is 5.69 Å². The summed E-state index contributed by atoms with van der Waals surface area (Å²) in [5.74, 6) is -0.802. The molecule has 0 atom stereocenters. The van der Waals surface area contributed by atoms with Gasteiger partial charge in [0.05, 0.1) is 29.3 Å². The lowest BCUT2D eigenvalue weighted by atomic mass is 10.2. The largest absolute Gasteiger partial charge is 0.469 e. The van der Waals surface area contributed by atoms with Gasteiger partial charge in [-0.3, -0.25) is 29.1 Å². The van der Waals surface area contributed by atoms with Gasteiger partial charge >= 0.3 is 5.97 Å². The van der Waals surface area contributed by atoms with Crippen molar-refractivity contribution >= 4 is 28.5 Å². The molecule has 0 aliphatic carbocycles. The third kappa shape index (κ3) is 4.59. The number of hydrogen-bond acceptors (Lipinski definition) is 7. The molecule has 0 aliphatic heterocycles. The first kappa shape index (κ1) is 18.0. The molecule has 0 unspecified atom stereocenters. The van der Waals surface area contributed by atoms with Gasteiger partial charge in [0.25, 0.3) is 11.2 Å². The number of carbonyl (C=O) groups excluding carboxylic acids is 2. The first-order chi connectivity index (χ1) is 11.9. The fourth-order valence-electron chi connectivity index (χ4n) is 2.15. The third-order valence-corrected chi connectivity index (χ3v) is 3.44. The molecule has 0 radical (unpaired) electrons. The Kier molecular flexibility index (Phi) is 5.77. The van der Waals surface area contributed by atoms with Crippen molar-refractivity contribution in [1.29, 1.82) is 0 Å². The van der Waals surface area contributed by atoms with Gasteiger partial charge < -0.3 is 10.1 Å². The number of nitro groups is 1. The second kappa shape index (κ2) is 7.99. The topological polar surface area (TPSA) is 133 Å². The van der Waals surface area contributed by atoms with Gasteiger partial charge in [-0.05, 0) is 12.5 Å². The van der Waals surface area contributed by atoms with E-state index in [0.717, 1.165) is 10.6 Å². The molecule has 1 N–H and O–H groups in total. The number of rotatable bonds is 7. The number of fused-ring (bicyclic) bond motifs is 1. The molecule has 0 fully saturated rings. The number of benzene rings is 1. The van der Waals surface area contributed by atoms with Crippen LogP contribution in [-0.4, -0.2) is 40.0 Å². The molecular formula is C15H16N4O6. The molecule has 0 bridgehead atoms. The highest BCUT2D eigenvalue weighted by Gasteiger charge is 2.12. The fourth-order valence-corrected chi connectivity index (χ4v) is 2.15. The summed E-state index contributed by atoms with van der Waals surface area (Å²) in [5.41, 5.74) is -0.458. The molecule has 2 rings (SSSR count). The maximum Gasteiger partial charge on any atom is 0.305 e. The Morgan fingerprint density at radius 2 is 2.16 bits per heavy atom.